The number of hydrogen-bond donors (Lipinski definition) is 2. The van der Waals surface area contributed by atoms with E-state index in [0.29, 0.717) is 6.04 Å². The molecular weight excluding hydrogens is 284 g/mol. The van der Waals surface area contributed by atoms with Crippen molar-refractivity contribution in [1.29, 1.82) is 0 Å². The first-order valence-electron chi connectivity index (χ1n) is 7.67. The van der Waals surface area contributed by atoms with Crippen molar-refractivity contribution in [2.75, 3.05) is 5.32 Å². The van der Waals surface area contributed by atoms with Gasteiger partial charge in [0.25, 0.3) is 0 Å². The van der Waals surface area contributed by atoms with Crippen molar-refractivity contribution in [3.05, 3.63) is 23.8 Å². The molecule has 0 heterocycles. The molecule has 3 N–H and O–H groups in total. The van der Waals surface area contributed by atoms with Crippen LogP contribution in [0.4, 0.5) is 5.69 Å². The van der Waals surface area contributed by atoms with Gasteiger partial charge in [0.15, 0.2) is 0 Å². The molecule has 2 rings (SSSR count). The molecule has 0 aromatic heterocycles. The van der Waals surface area contributed by atoms with Gasteiger partial charge < -0.3 is 5.32 Å². The van der Waals surface area contributed by atoms with Crippen LogP contribution in [0.1, 0.15) is 45.1 Å². The third kappa shape index (κ3) is 4.20. The minimum Gasteiger partial charge on any atom is -0.382 e. The molecule has 0 radical (unpaired) electrons. The van der Waals surface area contributed by atoms with Crippen LogP contribution in [0.3, 0.4) is 0 Å². The van der Waals surface area contributed by atoms with Gasteiger partial charge in [-0.3, -0.25) is 0 Å². The third-order valence-corrected chi connectivity index (χ3v) is 5.52. The highest BCUT2D eigenvalue weighted by atomic mass is 32.2. The standard InChI is InChI=1S/C16H26N2O2S/c1-11(2)13-5-7-14(8-6-13)18-16-10-15(21(17,19)20)9-4-12(16)3/h4,9-11,13-14,18H,5-8H2,1-3H3,(H2,17,19,20). The quantitative estimate of drug-likeness (QED) is 0.896. The molecule has 0 spiro atoms. The normalized spacial score (nSPS) is 23.3. The highest BCUT2D eigenvalue weighted by Gasteiger charge is 2.23. The summed E-state index contributed by atoms with van der Waals surface area (Å²) in [6, 6.07) is 5.45. The van der Waals surface area contributed by atoms with Gasteiger partial charge in [-0.05, 0) is 62.1 Å². The van der Waals surface area contributed by atoms with E-state index in [0.717, 1.165) is 35.9 Å². The maximum Gasteiger partial charge on any atom is 0.238 e. The van der Waals surface area contributed by atoms with Crippen LogP contribution in [0.15, 0.2) is 23.1 Å². The summed E-state index contributed by atoms with van der Waals surface area (Å²) in [5, 5.41) is 8.71. The molecule has 5 heteroatoms. The number of aryl methyl sites for hydroxylation is 1. The molecule has 0 bridgehead atoms. The van der Waals surface area contributed by atoms with Crippen LogP contribution in [-0.4, -0.2) is 14.5 Å². The van der Waals surface area contributed by atoms with Crippen molar-refractivity contribution in [3.63, 3.8) is 0 Å². The highest BCUT2D eigenvalue weighted by molar-refractivity contribution is 7.89. The zero-order chi connectivity index (χ0) is 15.6. The fourth-order valence-electron chi connectivity index (χ4n) is 3.08. The first-order chi connectivity index (χ1) is 9.77. The Morgan fingerprint density at radius 3 is 2.33 bits per heavy atom. The van der Waals surface area contributed by atoms with E-state index in [-0.39, 0.29) is 4.90 Å². The first kappa shape index (κ1) is 16.3. The summed E-state index contributed by atoms with van der Waals surface area (Å²) in [6.07, 6.45) is 4.76. The zero-order valence-corrected chi connectivity index (χ0v) is 13.9. The Labute approximate surface area is 128 Å². The smallest absolute Gasteiger partial charge is 0.238 e. The summed E-state index contributed by atoms with van der Waals surface area (Å²) >= 11 is 0. The Bertz CT molecular complexity index is 588. The average Bonchev–Trinajstić information content (AvgIpc) is 2.40. The SMILES string of the molecule is Cc1ccc(S(N)(=O)=O)cc1NC1CCC(C(C)C)CC1. The minimum absolute atomic E-state index is 0.173. The lowest BCUT2D eigenvalue weighted by atomic mass is 9.79. The van der Waals surface area contributed by atoms with Crippen LogP contribution in [0.25, 0.3) is 0 Å². The second-order valence-electron chi connectivity index (χ2n) is 6.52. The molecule has 0 saturated heterocycles. The minimum atomic E-state index is -3.64. The summed E-state index contributed by atoms with van der Waals surface area (Å²) in [5.41, 5.74) is 1.93. The maximum absolute atomic E-state index is 11.5. The van der Waals surface area contributed by atoms with E-state index < -0.39 is 10.0 Å². The van der Waals surface area contributed by atoms with Gasteiger partial charge in [-0.2, -0.15) is 0 Å². The van der Waals surface area contributed by atoms with Gasteiger partial charge in [0.05, 0.1) is 4.90 Å². The molecule has 0 atom stereocenters. The molecule has 1 aliphatic rings. The van der Waals surface area contributed by atoms with E-state index in [9.17, 15) is 8.42 Å². The summed E-state index contributed by atoms with van der Waals surface area (Å²) in [4.78, 5) is 0.173. The molecule has 0 unspecified atom stereocenters. The van der Waals surface area contributed by atoms with E-state index >= 15 is 0 Å². The van der Waals surface area contributed by atoms with E-state index in [4.69, 9.17) is 5.14 Å². The van der Waals surface area contributed by atoms with Gasteiger partial charge in [0.1, 0.15) is 0 Å². The van der Waals surface area contributed by atoms with Crippen LogP contribution in [-0.2, 0) is 10.0 Å². The van der Waals surface area contributed by atoms with Gasteiger partial charge in [0.2, 0.25) is 10.0 Å². The molecule has 4 nitrogen and oxygen atoms in total. The van der Waals surface area contributed by atoms with Crippen molar-refractivity contribution >= 4 is 15.7 Å². The summed E-state index contributed by atoms with van der Waals surface area (Å²) < 4.78 is 22.9. The second-order valence-corrected chi connectivity index (χ2v) is 8.08. The van der Waals surface area contributed by atoms with Gasteiger partial charge in [-0.15, -0.1) is 0 Å². The molecule has 1 aromatic carbocycles. The van der Waals surface area contributed by atoms with Crippen molar-refractivity contribution in [3.8, 4) is 0 Å². The summed E-state index contributed by atoms with van der Waals surface area (Å²) in [6.45, 7) is 6.56. The van der Waals surface area contributed by atoms with Crippen molar-refractivity contribution < 1.29 is 8.42 Å². The molecule has 1 fully saturated rings. The van der Waals surface area contributed by atoms with E-state index in [1.807, 2.05) is 13.0 Å². The van der Waals surface area contributed by atoms with Crippen molar-refractivity contribution in [1.82, 2.24) is 0 Å². The largest absolute Gasteiger partial charge is 0.382 e. The van der Waals surface area contributed by atoms with Gasteiger partial charge in [-0.1, -0.05) is 19.9 Å². The number of nitrogens with two attached hydrogens (primary N) is 1. The lowest BCUT2D eigenvalue weighted by molar-refractivity contribution is 0.267. The number of nitrogens with one attached hydrogen (secondary N) is 1. The average molecular weight is 310 g/mol. The predicted octanol–water partition coefficient (Wildman–Crippen LogP) is 3.27. The number of hydrogen-bond acceptors (Lipinski definition) is 3. The second kappa shape index (κ2) is 6.36. The van der Waals surface area contributed by atoms with Crippen LogP contribution in [0, 0.1) is 18.8 Å². The summed E-state index contributed by atoms with van der Waals surface area (Å²) in [7, 11) is -3.64. The molecule has 1 saturated carbocycles. The van der Waals surface area contributed by atoms with Gasteiger partial charge >= 0.3 is 0 Å². The number of benzene rings is 1. The summed E-state index contributed by atoms with van der Waals surface area (Å²) in [5.74, 6) is 1.57. The maximum atomic E-state index is 11.5. The number of anilines is 1. The van der Waals surface area contributed by atoms with E-state index in [2.05, 4.69) is 19.2 Å². The van der Waals surface area contributed by atoms with Crippen molar-refractivity contribution in [2.24, 2.45) is 17.0 Å². The fourth-order valence-corrected chi connectivity index (χ4v) is 3.62. The molecule has 118 valence electrons. The Kier molecular flexibility index (Phi) is 4.94. The molecule has 0 amide bonds. The third-order valence-electron chi connectivity index (χ3n) is 4.61. The molecular formula is C16H26N2O2S. The van der Waals surface area contributed by atoms with E-state index in [1.54, 1.807) is 12.1 Å². The lowest BCUT2D eigenvalue weighted by Gasteiger charge is -2.32. The van der Waals surface area contributed by atoms with Gasteiger partial charge in [-0.25, -0.2) is 13.6 Å². The predicted molar refractivity (Wildman–Crippen MR) is 86.8 cm³/mol. The Morgan fingerprint density at radius 1 is 1.19 bits per heavy atom. The molecule has 21 heavy (non-hydrogen) atoms. The van der Waals surface area contributed by atoms with Crippen LogP contribution in [0.5, 0.6) is 0 Å². The zero-order valence-electron chi connectivity index (χ0n) is 13.1. The Balaban J connectivity index is 2.07. The van der Waals surface area contributed by atoms with E-state index in [1.165, 1.54) is 12.8 Å². The van der Waals surface area contributed by atoms with Crippen LogP contribution < -0.4 is 10.5 Å². The highest BCUT2D eigenvalue weighted by Crippen LogP contribution is 2.32. The topological polar surface area (TPSA) is 72.2 Å². The van der Waals surface area contributed by atoms with Crippen LogP contribution in [0.2, 0.25) is 0 Å². The van der Waals surface area contributed by atoms with Crippen LogP contribution >= 0.6 is 0 Å². The number of rotatable bonds is 4. The molecule has 1 aromatic rings. The van der Waals surface area contributed by atoms with Gasteiger partial charge in [0, 0.05) is 11.7 Å². The number of sulfonamides is 1. The number of primary sulfonamides is 1. The monoisotopic (exact) mass is 310 g/mol. The first-order valence-corrected chi connectivity index (χ1v) is 9.22. The Morgan fingerprint density at radius 2 is 1.81 bits per heavy atom. The Hall–Kier alpha value is -1.07. The molecule has 1 aliphatic carbocycles. The van der Waals surface area contributed by atoms with Crippen molar-refractivity contribution in [2.45, 2.75) is 57.4 Å². The lowest BCUT2D eigenvalue weighted by Crippen LogP contribution is -2.28. The fraction of sp³-hybridized carbons (Fsp3) is 0.625. The molecule has 0 aliphatic heterocycles.